The molecule has 2 aliphatic heterocycles. The second-order valence-electron chi connectivity index (χ2n) is 4.24. The van der Waals surface area contributed by atoms with Crippen LogP contribution in [0.2, 0.25) is 0 Å². The summed E-state index contributed by atoms with van der Waals surface area (Å²) in [4.78, 5) is 4.41. The number of hydrogen-bond donors (Lipinski definition) is 2. The Balaban J connectivity index is 2.07. The maximum absolute atomic E-state index is 8.62. The van der Waals surface area contributed by atoms with Crippen LogP contribution in [0.1, 0.15) is 19.3 Å². The van der Waals surface area contributed by atoms with E-state index in [1.54, 1.807) is 0 Å². The molecule has 5 heteroatoms. The van der Waals surface area contributed by atoms with Gasteiger partial charge in [-0.1, -0.05) is 5.16 Å². The molecule has 0 aliphatic carbocycles. The second kappa shape index (κ2) is 3.65. The van der Waals surface area contributed by atoms with Crippen LogP contribution in [0.15, 0.2) is 5.16 Å². The van der Waals surface area contributed by atoms with E-state index in [2.05, 4.69) is 17.1 Å². The number of nitrogens with two attached hydrogens (primary N) is 1. The maximum atomic E-state index is 8.62. The van der Waals surface area contributed by atoms with Crippen LogP contribution in [0.25, 0.3) is 0 Å². The predicted molar refractivity (Wildman–Crippen MR) is 54.2 cm³/mol. The van der Waals surface area contributed by atoms with Crippen LogP contribution in [0.4, 0.5) is 0 Å². The minimum Gasteiger partial charge on any atom is -0.408 e. The quantitative estimate of drug-likeness (QED) is 0.246. The zero-order valence-corrected chi connectivity index (χ0v) is 8.56. The standard InChI is InChI=1S/C9H18N4O/c1-12-7-2-3-8(12)6-13(5-4-7)9(10)11-14/h7-8,14H,2-6H2,1H3,(H2,10,11). The van der Waals surface area contributed by atoms with Gasteiger partial charge in [0.05, 0.1) is 0 Å². The summed E-state index contributed by atoms with van der Waals surface area (Å²) in [6.07, 6.45) is 3.64. The Kier molecular flexibility index (Phi) is 2.50. The molecule has 2 bridgehead atoms. The highest BCUT2D eigenvalue weighted by atomic mass is 16.4. The van der Waals surface area contributed by atoms with E-state index in [9.17, 15) is 0 Å². The first-order valence-corrected chi connectivity index (χ1v) is 5.16. The van der Waals surface area contributed by atoms with Crippen molar-refractivity contribution in [2.75, 3.05) is 20.1 Å². The van der Waals surface area contributed by atoms with Gasteiger partial charge in [0.15, 0.2) is 0 Å². The molecule has 0 aromatic rings. The van der Waals surface area contributed by atoms with E-state index in [0.29, 0.717) is 12.1 Å². The second-order valence-corrected chi connectivity index (χ2v) is 4.24. The summed E-state index contributed by atoms with van der Waals surface area (Å²) in [7, 11) is 2.18. The van der Waals surface area contributed by atoms with Crippen molar-refractivity contribution in [1.82, 2.24) is 9.80 Å². The summed E-state index contributed by atoms with van der Waals surface area (Å²) in [6.45, 7) is 1.80. The van der Waals surface area contributed by atoms with Crippen molar-refractivity contribution in [2.24, 2.45) is 10.9 Å². The van der Waals surface area contributed by atoms with Gasteiger partial charge in [0.2, 0.25) is 5.96 Å². The zero-order valence-electron chi connectivity index (χ0n) is 8.56. The lowest BCUT2D eigenvalue weighted by Crippen LogP contribution is -2.43. The zero-order chi connectivity index (χ0) is 10.1. The van der Waals surface area contributed by atoms with Gasteiger partial charge in [-0.25, -0.2) is 0 Å². The maximum Gasteiger partial charge on any atom is 0.233 e. The van der Waals surface area contributed by atoms with Crippen molar-refractivity contribution in [3.8, 4) is 0 Å². The third-order valence-corrected chi connectivity index (χ3v) is 3.57. The largest absolute Gasteiger partial charge is 0.408 e. The molecule has 2 aliphatic rings. The van der Waals surface area contributed by atoms with Gasteiger partial charge in [-0.05, 0) is 26.3 Å². The molecular weight excluding hydrogens is 180 g/mol. The van der Waals surface area contributed by atoms with Gasteiger partial charge in [-0.3, -0.25) is 4.90 Å². The number of hydrogen-bond acceptors (Lipinski definition) is 3. The predicted octanol–water partition coefficient (Wildman–Crippen LogP) is -0.141. The Hall–Kier alpha value is -0.970. The van der Waals surface area contributed by atoms with Crippen LogP contribution in [-0.4, -0.2) is 53.2 Å². The van der Waals surface area contributed by atoms with Crippen LogP contribution in [0, 0.1) is 0 Å². The Morgan fingerprint density at radius 2 is 2.07 bits per heavy atom. The van der Waals surface area contributed by atoms with E-state index in [1.165, 1.54) is 12.8 Å². The molecule has 0 aromatic carbocycles. The van der Waals surface area contributed by atoms with Crippen molar-refractivity contribution >= 4 is 5.96 Å². The Morgan fingerprint density at radius 1 is 1.36 bits per heavy atom. The molecule has 2 rings (SSSR count). The number of rotatable bonds is 0. The first-order chi connectivity index (χ1) is 6.72. The van der Waals surface area contributed by atoms with Gasteiger partial charge in [-0.2, -0.15) is 0 Å². The number of oxime groups is 1. The van der Waals surface area contributed by atoms with E-state index in [1.807, 2.05) is 4.90 Å². The number of guanidine groups is 1. The average Bonchev–Trinajstić information content (AvgIpc) is 2.40. The highest BCUT2D eigenvalue weighted by molar-refractivity contribution is 5.77. The molecule has 0 aromatic heterocycles. The molecule has 2 atom stereocenters. The first-order valence-electron chi connectivity index (χ1n) is 5.16. The van der Waals surface area contributed by atoms with Crippen LogP contribution in [0.5, 0.6) is 0 Å². The molecule has 2 saturated heterocycles. The van der Waals surface area contributed by atoms with Crippen LogP contribution >= 0.6 is 0 Å². The van der Waals surface area contributed by atoms with E-state index >= 15 is 0 Å². The lowest BCUT2D eigenvalue weighted by Gasteiger charge is -2.25. The summed E-state index contributed by atoms with van der Waals surface area (Å²) >= 11 is 0. The molecule has 5 nitrogen and oxygen atoms in total. The van der Waals surface area contributed by atoms with Crippen LogP contribution in [0.3, 0.4) is 0 Å². The smallest absolute Gasteiger partial charge is 0.233 e. The summed E-state index contributed by atoms with van der Waals surface area (Å²) in [5, 5.41) is 11.7. The minimum atomic E-state index is 0.256. The highest BCUT2D eigenvalue weighted by Gasteiger charge is 2.35. The third kappa shape index (κ3) is 1.52. The molecule has 0 saturated carbocycles. The number of likely N-dealkylation sites (tertiary alicyclic amines) is 1. The molecular formula is C9H18N4O. The third-order valence-electron chi connectivity index (χ3n) is 3.57. The summed E-state index contributed by atoms with van der Waals surface area (Å²) in [5.74, 6) is 0.256. The number of likely N-dealkylation sites (N-methyl/N-ethyl adjacent to an activating group) is 1. The monoisotopic (exact) mass is 198 g/mol. The SMILES string of the molecule is CN1C2CCC1CN(C(N)=NO)CC2. The van der Waals surface area contributed by atoms with Gasteiger partial charge in [0, 0.05) is 25.2 Å². The average molecular weight is 198 g/mol. The van der Waals surface area contributed by atoms with Crippen molar-refractivity contribution in [3.05, 3.63) is 0 Å². The van der Waals surface area contributed by atoms with Crippen LogP contribution < -0.4 is 5.73 Å². The normalized spacial score (nSPS) is 34.6. The molecule has 3 N–H and O–H groups in total. The van der Waals surface area contributed by atoms with Gasteiger partial charge in [0.25, 0.3) is 0 Å². The van der Waals surface area contributed by atoms with Gasteiger partial charge in [0.1, 0.15) is 0 Å². The van der Waals surface area contributed by atoms with E-state index in [4.69, 9.17) is 10.9 Å². The Labute approximate surface area is 84.2 Å². The molecule has 2 fully saturated rings. The Bertz CT molecular complexity index is 243. The van der Waals surface area contributed by atoms with Crippen molar-refractivity contribution < 1.29 is 5.21 Å². The molecule has 0 spiro atoms. The van der Waals surface area contributed by atoms with Crippen molar-refractivity contribution in [1.29, 1.82) is 0 Å². The van der Waals surface area contributed by atoms with Crippen LogP contribution in [-0.2, 0) is 0 Å². The Morgan fingerprint density at radius 3 is 2.79 bits per heavy atom. The summed E-state index contributed by atoms with van der Waals surface area (Å²) in [5.41, 5.74) is 5.60. The molecule has 2 heterocycles. The van der Waals surface area contributed by atoms with Crippen molar-refractivity contribution in [2.45, 2.75) is 31.3 Å². The fourth-order valence-corrected chi connectivity index (χ4v) is 2.58. The molecule has 80 valence electrons. The highest BCUT2D eigenvalue weighted by Crippen LogP contribution is 2.28. The van der Waals surface area contributed by atoms with E-state index in [0.717, 1.165) is 19.5 Å². The fraction of sp³-hybridized carbons (Fsp3) is 0.889. The van der Waals surface area contributed by atoms with Gasteiger partial charge < -0.3 is 15.8 Å². The summed E-state index contributed by atoms with van der Waals surface area (Å²) in [6, 6.07) is 1.26. The molecule has 2 unspecified atom stereocenters. The summed E-state index contributed by atoms with van der Waals surface area (Å²) < 4.78 is 0. The minimum absolute atomic E-state index is 0.256. The van der Waals surface area contributed by atoms with Gasteiger partial charge >= 0.3 is 0 Å². The first kappa shape index (κ1) is 9.58. The molecule has 0 amide bonds. The van der Waals surface area contributed by atoms with Gasteiger partial charge in [-0.15, -0.1) is 0 Å². The number of fused-ring (bicyclic) bond motifs is 2. The lowest BCUT2D eigenvalue weighted by atomic mass is 10.1. The van der Waals surface area contributed by atoms with Crippen molar-refractivity contribution in [3.63, 3.8) is 0 Å². The van der Waals surface area contributed by atoms with E-state index in [-0.39, 0.29) is 5.96 Å². The number of nitrogens with zero attached hydrogens (tertiary/aromatic N) is 3. The van der Waals surface area contributed by atoms with E-state index < -0.39 is 0 Å². The molecule has 14 heavy (non-hydrogen) atoms. The fourth-order valence-electron chi connectivity index (χ4n) is 2.58. The topological polar surface area (TPSA) is 65.1 Å². The lowest BCUT2D eigenvalue weighted by molar-refractivity contribution is 0.242. The molecule has 0 radical (unpaired) electrons.